The second-order valence-electron chi connectivity index (χ2n) is 7.95. The molecule has 1 fully saturated rings. The van der Waals surface area contributed by atoms with Crippen LogP contribution in [0.2, 0.25) is 0 Å². The Kier molecular flexibility index (Phi) is 15.5. The molecule has 1 aliphatic rings. The Morgan fingerprint density at radius 2 is 1.91 bits per heavy atom. The first kappa shape index (κ1) is 28.8. The van der Waals surface area contributed by atoms with Gasteiger partial charge in [0.25, 0.3) is 0 Å². The number of ether oxygens (including phenoxy) is 3. The molecule has 8 heteroatoms. The minimum atomic E-state index is 0. The van der Waals surface area contributed by atoms with E-state index in [1.54, 1.807) is 14.2 Å². The Bertz CT molecular complexity index is 652. The van der Waals surface area contributed by atoms with Crippen molar-refractivity contribution in [3.8, 4) is 11.5 Å². The van der Waals surface area contributed by atoms with Crippen LogP contribution in [0.4, 0.5) is 0 Å². The summed E-state index contributed by atoms with van der Waals surface area (Å²) in [6.45, 7) is 11.5. The largest absolute Gasteiger partial charge is 0.493 e. The highest BCUT2D eigenvalue weighted by molar-refractivity contribution is 14.0. The molecule has 0 radical (unpaired) electrons. The van der Waals surface area contributed by atoms with Crippen LogP contribution in [0.5, 0.6) is 11.5 Å². The van der Waals surface area contributed by atoms with Crippen LogP contribution >= 0.6 is 24.0 Å². The molecule has 7 nitrogen and oxygen atoms in total. The summed E-state index contributed by atoms with van der Waals surface area (Å²) >= 11 is 0. The van der Waals surface area contributed by atoms with Gasteiger partial charge in [-0.1, -0.05) is 6.07 Å². The number of aryl methyl sites for hydroxylation is 1. The number of nitrogens with one attached hydrogen (secondary N) is 2. The van der Waals surface area contributed by atoms with Gasteiger partial charge in [-0.15, -0.1) is 24.0 Å². The maximum Gasteiger partial charge on any atom is 0.191 e. The highest BCUT2D eigenvalue weighted by Crippen LogP contribution is 2.28. The summed E-state index contributed by atoms with van der Waals surface area (Å²) in [4.78, 5) is 7.33. The van der Waals surface area contributed by atoms with Gasteiger partial charge in [-0.05, 0) is 76.2 Å². The van der Waals surface area contributed by atoms with E-state index >= 15 is 0 Å². The number of guanidine groups is 1. The van der Waals surface area contributed by atoms with Crippen molar-refractivity contribution < 1.29 is 14.2 Å². The van der Waals surface area contributed by atoms with E-state index in [4.69, 9.17) is 19.2 Å². The molecule has 2 rings (SSSR count). The molecule has 0 aromatic heterocycles. The van der Waals surface area contributed by atoms with Crippen LogP contribution in [0.15, 0.2) is 23.2 Å². The molecule has 1 aliphatic heterocycles. The average Bonchev–Trinajstić information content (AvgIpc) is 2.80. The van der Waals surface area contributed by atoms with Crippen molar-refractivity contribution in [2.24, 2.45) is 10.9 Å². The summed E-state index contributed by atoms with van der Waals surface area (Å²) in [5.74, 6) is 3.20. The molecule has 32 heavy (non-hydrogen) atoms. The van der Waals surface area contributed by atoms with E-state index in [9.17, 15) is 0 Å². The van der Waals surface area contributed by atoms with Crippen molar-refractivity contribution in [3.05, 3.63) is 23.8 Å². The zero-order chi connectivity index (χ0) is 22.3. The highest BCUT2D eigenvalue weighted by atomic mass is 127. The summed E-state index contributed by atoms with van der Waals surface area (Å²) < 4.78 is 16.2. The molecule has 0 amide bonds. The third-order valence-electron chi connectivity index (χ3n) is 5.63. The summed E-state index contributed by atoms with van der Waals surface area (Å²) in [7, 11) is 3.44. The van der Waals surface area contributed by atoms with E-state index in [1.165, 1.54) is 18.4 Å². The first-order chi connectivity index (χ1) is 15.2. The molecule has 1 saturated heterocycles. The van der Waals surface area contributed by atoms with Crippen molar-refractivity contribution in [3.63, 3.8) is 0 Å². The number of hydrogen-bond donors (Lipinski definition) is 2. The number of likely N-dealkylation sites (tertiary alicyclic amines) is 1. The molecule has 0 spiro atoms. The number of aliphatic imine (C=N–C) groups is 1. The number of piperidine rings is 1. The molecule has 1 heterocycles. The molecular formula is C24H43IN4O3. The number of hydrogen-bond acceptors (Lipinski definition) is 5. The van der Waals surface area contributed by atoms with Gasteiger partial charge in [-0.3, -0.25) is 4.99 Å². The van der Waals surface area contributed by atoms with Gasteiger partial charge in [0.05, 0.1) is 20.3 Å². The number of nitrogens with zero attached hydrogens (tertiary/aromatic N) is 2. The maximum absolute atomic E-state index is 5.68. The number of benzene rings is 1. The normalized spacial score (nSPS) is 15.2. The molecule has 1 aromatic rings. The zero-order valence-corrected chi connectivity index (χ0v) is 22.7. The number of methoxy groups -OCH3 is 2. The van der Waals surface area contributed by atoms with Gasteiger partial charge in [0.1, 0.15) is 0 Å². The van der Waals surface area contributed by atoms with E-state index < -0.39 is 0 Å². The minimum Gasteiger partial charge on any atom is -0.493 e. The van der Waals surface area contributed by atoms with Crippen molar-refractivity contribution in [1.82, 2.24) is 15.5 Å². The van der Waals surface area contributed by atoms with Gasteiger partial charge in [0.2, 0.25) is 0 Å². The first-order valence-corrected chi connectivity index (χ1v) is 11.7. The lowest BCUT2D eigenvalue weighted by Gasteiger charge is -2.31. The van der Waals surface area contributed by atoms with Crippen LogP contribution in [0, 0.1) is 5.92 Å². The third kappa shape index (κ3) is 10.6. The van der Waals surface area contributed by atoms with E-state index in [2.05, 4.69) is 34.6 Å². The highest BCUT2D eigenvalue weighted by Gasteiger charge is 2.18. The summed E-state index contributed by atoms with van der Waals surface area (Å²) in [6, 6.07) is 6.18. The van der Waals surface area contributed by atoms with Crippen LogP contribution in [-0.2, 0) is 11.2 Å². The Morgan fingerprint density at radius 1 is 1.12 bits per heavy atom. The van der Waals surface area contributed by atoms with Gasteiger partial charge in [-0.2, -0.15) is 0 Å². The molecule has 0 unspecified atom stereocenters. The topological polar surface area (TPSA) is 67.4 Å². The zero-order valence-electron chi connectivity index (χ0n) is 20.3. The number of rotatable bonds is 13. The van der Waals surface area contributed by atoms with Gasteiger partial charge in [0, 0.05) is 33.3 Å². The standard InChI is InChI=1S/C24H42N4O3.HI/c1-5-25-24(27-19-21-11-14-28(15-12-21)16-17-29-3)26-13-7-8-20-9-10-22(30-4)23(18-20)31-6-2;/h9-10,18,21H,5-8,11-17,19H2,1-4H3,(H2,25,26,27);1H. The van der Waals surface area contributed by atoms with Crippen molar-refractivity contribution in [2.75, 3.05) is 66.7 Å². The van der Waals surface area contributed by atoms with Crippen molar-refractivity contribution in [1.29, 1.82) is 0 Å². The minimum absolute atomic E-state index is 0. The fourth-order valence-corrected chi connectivity index (χ4v) is 3.82. The second kappa shape index (κ2) is 17.2. The number of halogens is 1. The van der Waals surface area contributed by atoms with E-state index in [1.807, 2.05) is 13.0 Å². The summed E-state index contributed by atoms with van der Waals surface area (Å²) in [6.07, 6.45) is 4.44. The van der Waals surface area contributed by atoms with Crippen LogP contribution in [-0.4, -0.2) is 77.6 Å². The quantitative estimate of drug-likeness (QED) is 0.166. The van der Waals surface area contributed by atoms with Gasteiger partial charge in [0.15, 0.2) is 17.5 Å². The van der Waals surface area contributed by atoms with Crippen LogP contribution in [0.1, 0.15) is 38.7 Å². The van der Waals surface area contributed by atoms with Crippen LogP contribution < -0.4 is 20.1 Å². The van der Waals surface area contributed by atoms with Crippen molar-refractivity contribution >= 4 is 29.9 Å². The molecule has 1 aromatic carbocycles. The van der Waals surface area contributed by atoms with E-state index in [0.717, 1.165) is 76.2 Å². The van der Waals surface area contributed by atoms with Gasteiger partial charge >= 0.3 is 0 Å². The summed E-state index contributed by atoms with van der Waals surface area (Å²) in [5, 5.41) is 6.86. The monoisotopic (exact) mass is 562 g/mol. The Balaban J connectivity index is 0.00000512. The molecule has 2 N–H and O–H groups in total. The lowest BCUT2D eigenvalue weighted by Crippen LogP contribution is -2.39. The fraction of sp³-hybridized carbons (Fsp3) is 0.708. The smallest absolute Gasteiger partial charge is 0.191 e. The van der Waals surface area contributed by atoms with Gasteiger partial charge < -0.3 is 29.7 Å². The molecular weight excluding hydrogens is 519 g/mol. The molecule has 0 saturated carbocycles. The van der Waals surface area contributed by atoms with E-state index in [-0.39, 0.29) is 24.0 Å². The lowest BCUT2D eigenvalue weighted by atomic mass is 9.97. The SMILES string of the molecule is CCNC(=NCC1CCN(CCOC)CC1)NCCCc1ccc(OC)c(OCC)c1.I. The maximum atomic E-state index is 5.68. The average molecular weight is 563 g/mol. The predicted molar refractivity (Wildman–Crippen MR) is 143 cm³/mol. The first-order valence-electron chi connectivity index (χ1n) is 11.7. The lowest BCUT2D eigenvalue weighted by molar-refractivity contribution is 0.121. The Labute approximate surface area is 211 Å². The Hall–Kier alpha value is -1.26. The molecule has 0 bridgehead atoms. The van der Waals surface area contributed by atoms with Gasteiger partial charge in [-0.25, -0.2) is 0 Å². The Morgan fingerprint density at radius 3 is 2.56 bits per heavy atom. The summed E-state index contributed by atoms with van der Waals surface area (Å²) in [5.41, 5.74) is 1.26. The third-order valence-corrected chi connectivity index (χ3v) is 5.63. The van der Waals surface area contributed by atoms with Crippen molar-refractivity contribution in [2.45, 2.75) is 39.5 Å². The molecule has 184 valence electrons. The van der Waals surface area contributed by atoms with Crippen LogP contribution in [0.25, 0.3) is 0 Å². The van der Waals surface area contributed by atoms with E-state index in [0.29, 0.717) is 12.5 Å². The second-order valence-corrected chi connectivity index (χ2v) is 7.95. The molecule has 0 aliphatic carbocycles. The van der Waals surface area contributed by atoms with Crippen LogP contribution in [0.3, 0.4) is 0 Å². The predicted octanol–water partition coefficient (Wildman–Crippen LogP) is 3.56. The molecule has 0 atom stereocenters. The fourth-order valence-electron chi connectivity index (χ4n) is 3.82.